The Morgan fingerprint density at radius 2 is 2.04 bits per heavy atom. The number of hydrogen-bond donors (Lipinski definition) is 0. The van der Waals surface area contributed by atoms with Gasteiger partial charge in [-0.05, 0) is 24.5 Å². The first-order chi connectivity index (χ1) is 11.1. The molecule has 0 bridgehead atoms. The summed E-state index contributed by atoms with van der Waals surface area (Å²) < 4.78 is 0. The van der Waals surface area contributed by atoms with Crippen molar-refractivity contribution in [2.75, 3.05) is 26.2 Å². The van der Waals surface area contributed by atoms with Crippen LogP contribution in [0.5, 0.6) is 0 Å². The molecule has 2 fully saturated rings. The second-order valence-corrected chi connectivity index (χ2v) is 6.58. The lowest BCUT2D eigenvalue weighted by Crippen LogP contribution is -2.37. The molecule has 1 saturated heterocycles. The summed E-state index contributed by atoms with van der Waals surface area (Å²) in [6, 6.07) is 7.72. The highest BCUT2D eigenvalue weighted by Crippen LogP contribution is 2.35. The van der Waals surface area contributed by atoms with Gasteiger partial charge in [-0.1, -0.05) is 24.3 Å². The third-order valence-corrected chi connectivity index (χ3v) is 4.90. The second-order valence-electron chi connectivity index (χ2n) is 6.58. The number of carbonyl (C=O) groups is 1. The molecule has 0 radical (unpaired) electrons. The molecule has 1 aliphatic heterocycles. The van der Waals surface area contributed by atoms with Crippen LogP contribution in [-0.2, 0) is 11.3 Å². The van der Waals surface area contributed by atoms with Gasteiger partial charge in [-0.15, -0.1) is 0 Å². The molecule has 2 unspecified atom stereocenters. The van der Waals surface area contributed by atoms with Crippen LogP contribution in [0.1, 0.15) is 24.0 Å². The van der Waals surface area contributed by atoms with Crippen molar-refractivity contribution in [1.29, 1.82) is 0 Å². The van der Waals surface area contributed by atoms with Crippen molar-refractivity contribution >= 4 is 5.91 Å². The molecular formula is C17H23N3O3. The van der Waals surface area contributed by atoms with E-state index in [1.165, 1.54) is 11.1 Å². The number of nitro groups is 1. The minimum absolute atomic E-state index is 0.0237. The summed E-state index contributed by atoms with van der Waals surface area (Å²) in [5.41, 5.74) is 2.61. The van der Waals surface area contributed by atoms with Crippen LogP contribution in [0, 0.1) is 23.0 Å². The zero-order valence-electron chi connectivity index (χ0n) is 13.5. The first-order valence-electron chi connectivity index (χ1n) is 8.25. The van der Waals surface area contributed by atoms with Gasteiger partial charge in [0.1, 0.15) is 5.92 Å². The Labute approximate surface area is 136 Å². The Kier molecular flexibility index (Phi) is 4.61. The van der Waals surface area contributed by atoms with E-state index in [9.17, 15) is 14.9 Å². The van der Waals surface area contributed by atoms with Gasteiger partial charge in [0.15, 0.2) is 0 Å². The van der Waals surface area contributed by atoms with Gasteiger partial charge < -0.3 is 4.90 Å². The van der Waals surface area contributed by atoms with Crippen molar-refractivity contribution in [1.82, 2.24) is 9.80 Å². The standard InChI is InChI=1S/C17H23N3O3/c1-13-5-2-3-6-14(13)12-18-7-4-8-19(10-9-18)17(21)15-11-16(15)20(22)23/h2-3,5-6,15-16H,4,7-12H2,1H3. The number of aryl methyl sites for hydroxylation is 1. The molecule has 3 rings (SSSR count). The molecule has 1 aromatic rings. The zero-order valence-corrected chi connectivity index (χ0v) is 13.5. The van der Waals surface area contributed by atoms with Crippen molar-refractivity contribution in [3.63, 3.8) is 0 Å². The molecular weight excluding hydrogens is 294 g/mol. The Hall–Kier alpha value is -1.95. The average molecular weight is 317 g/mol. The molecule has 1 saturated carbocycles. The van der Waals surface area contributed by atoms with E-state index >= 15 is 0 Å². The van der Waals surface area contributed by atoms with Crippen LogP contribution in [0.3, 0.4) is 0 Å². The maximum Gasteiger partial charge on any atom is 0.232 e. The zero-order chi connectivity index (χ0) is 16.4. The van der Waals surface area contributed by atoms with Gasteiger partial charge >= 0.3 is 0 Å². The second kappa shape index (κ2) is 6.66. The summed E-state index contributed by atoms with van der Waals surface area (Å²) in [6.45, 7) is 6.19. The lowest BCUT2D eigenvalue weighted by atomic mass is 10.1. The van der Waals surface area contributed by atoms with Crippen LogP contribution in [0.4, 0.5) is 0 Å². The average Bonchev–Trinajstić information content (AvgIpc) is 3.33. The van der Waals surface area contributed by atoms with Gasteiger partial charge in [-0.2, -0.15) is 0 Å². The van der Waals surface area contributed by atoms with E-state index in [-0.39, 0.29) is 16.7 Å². The van der Waals surface area contributed by atoms with Crippen molar-refractivity contribution in [2.45, 2.75) is 32.4 Å². The van der Waals surface area contributed by atoms with E-state index in [1.807, 2.05) is 11.0 Å². The lowest BCUT2D eigenvalue weighted by Gasteiger charge is -2.22. The quantitative estimate of drug-likeness (QED) is 0.626. The number of rotatable bonds is 4. The monoisotopic (exact) mass is 317 g/mol. The van der Waals surface area contributed by atoms with Crippen molar-refractivity contribution in [3.05, 3.63) is 45.5 Å². The summed E-state index contributed by atoms with van der Waals surface area (Å²) >= 11 is 0. The van der Waals surface area contributed by atoms with Crippen LogP contribution in [-0.4, -0.2) is 52.9 Å². The predicted octanol–water partition coefficient (Wildman–Crippen LogP) is 1.69. The number of nitrogens with zero attached hydrogens (tertiary/aromatic N) is 3. The van der Waals surface area contributed by atoms with E-state index in [4.69, 9.17) is 0 Å². The smallest absolute Gasteiger partial charge is 0.232 e. The minimum Gasteiger partial charge on any atom is -0.341 e. The summed E-state index contributed by atoms with van der Waals surface area (Å²) in [7, 11) is 0. The fraction of sp³-hybridized carbons (Fsp3) is 0.588. The molecule has 23 heavy (non-hydrogen) atoms. The summed E-state index contributed by atoms with van der Waals surface area (Å²) in [4.78, 5) is 27.0. The minimum atomic E-state index is -0.645. The van der Waals surface area contributed by atoms with Crippen LogP contribution in [0.2, 0.25) is 0 Å². The van der Waals surface area contributed by atoms with Crippen molar-refractivity contribution in [3.8, 4) is 0 Å². The lowest BCUT2D eigenvalue weighted by molar-refractivity contribution is -0.497. The Bertz CT molecular complexity index is 605. The summed E-state index contributed by atoms with van der Waals surface area (Å²) in [5, 5.41) is 10.7. The van der Waals surface area contributed by atoms with E-state index < -0.39 is 6.04 Å². The van der Waals surface area contributed by atoms with E-state index in [0.717, 1.165) is 26.1 Å². The SMILES string of the molecule is Cc1ccccc1CN1CCCN(C(=O)C2CC2[N+](=O)[O-])CC1. The fourth-order valence-electron chi connectivity index (χ4n) is 3.29. The molecule has 1 aromatic carbocycles. The maximum absolute atomic E-state index is 12.4. The normalized spacial score (nSPS) is 25.0. The predicted molar refractivity (Wildman–Crippen MR) is 86.5 cm³/mol. The third-order valence-electron chi connectivity index (χ3n) is 4.90. The van der Waals surface area contributed by atoms with Crippen molar-refractivity contribution < 1.29 is 9.72 Å². The van der Waals surface area contributed by atoms with E-state index in [1.54, 1.807) is 0 Å². The number of benzene rings is 1. The summed E-state index contributed by atoms with van der Waals surface area (Å²) in [5.74, 6) is -0.405. The molecule has 1 amide bonds. The molecule has 0 aromatic heterocycles. The van der Waals surface area contributed by atoms with E-state index in [2.05, 4.69) is 30.0 Å². The van der Waals surface area contributed by atoms with Crippen LogP contribution in [0.15, 0.2) is 24.3 Å². The molecule has 124 valence electrons. The molecule has 6 nitrogen and oxygen atoms in total. The first kappa shape index (κ1) is 15.9. The Morgan fingerprint density at radius 3 is 2.74 bits per heavy atom. The van der Waals surface area contributed by atoms with Gasteiger partial charge in [-0.25, -0.2) is 0 Å². The first-order valence-corrected chi connectivity index (χ1v) is 8.25. The van der Waals surface area contributed by atoms with Gasteiger partial charge in [0.05, 0.1) is 0 Å². The molecule has 0 spiro atoms. The van der Waals surface area contributed by atoms with Crippen LogP contribution >= 0.6 is 0 Å². The van der Waals surface area contributed by atoms with Crippen LogP contribution in [0.25, 0.3) is 0 Å². The highest BCUT2D eigenvalue weighted by Gasteiger charge is 2.54. The third kappa shape index (κ3) is 3.69. The Balaban J connectivity index is 1.54. The number of carbonyl (C=O) groups excluding carboxylic acids is 1. The van der Waals surface area contributed by atoms with Crippen molar-refractivity contribution in [2.24, 2.45) is 5.92 Å². The molecule has 2 atom stereocenters. The van der Waals surface area contributed by atoms with Gasteiger partial charge in [0.2, 0.25) is 11.9 Å². The highest BCUT2D eigenvalue weighted by atomic mass is 16.6. The molecule has 6 heteroatoms. The Morgan fingerprint density at radius 1 is 1.26 bits per heavy atom. The molecule has 2 aliphatic rings. The topological polar surface area (TPSA) is 66.7 Å². The van der Waals surface area contributed by atoms with Gasteiger partial charge in [-0.3, -0.25) is 19.8 Å². The fourth-order valence-corrected chi connectivity index (χ4v) is 3.29. The highest BCUT2D eigenvalue weighted by molar-refractivity contribution is 5.82. The molecule has 1 aliphatic carbocycles. The van der Waals surface area contributed by atoms with E-state index in [0.29, 0.717) is 19.5 Å². The number of hydrogen-bond acceptors (Lipinski definition) is 4. The van der Waals surface area contributed by atoms with Crippen LogP contribution < -0.4 is 0 Å². The van der Waals surface area contributed by atoms with Gasteiger partial charge in [0.25, 0.3) is 0 Å². The summed E-state index contributed by atoms with van der Waals surface area (Å²) in [6.07, 6.45) is 1.34. The largest absolute Gasteiger partial charge is 0.341 e. The molecule has 0 N–H and O–H groups in total. The number of amides is 1. The molecule has 1 heterocycles. The van der Waals surface area contributed by atoms with Gasteiger partial charge in [0, 0.05) is 44.1 Å². The maximum atomic E-state index is 12.4.